The topological polar surface area (TPSA) is 60.0 Å². The van der Waals surface area contributed by atoms with E-state index in [2.05, 4.69) is 5.32 Å². The summed E-state index contributed by atoms with van der Waals surface area (Å²) in [6.45, 7) is 2.14. The van der Waals surface area contributed by atoms with Crippen LogP contribution >= 0.6 is 23.2 Å². The number of nitrogens with one attached hydrogen (secondary N) is 1. The number of carbonyl (C=O) groups excluding carboxylic acids is 1. The van der Waals surface area contributed by atoms with Gasteiger partial charge in [0.15, 0.2) is 24.1 Å². The van der Waals surface area contributed by atoms with E-state index in [0.717, 1.165) is 18.4 Å². The minimum Gasteiger partial charge on any atom is -0.487 e. The molecule has 0 aliphatic carbocycles. The van der Waals surface area contributed by atoms with Crippen molar-refractivity contribution < 1.29 is 23.4 Å². The number of hydrogen-bond donors (Lipinski definition) is 1. The number of urea groups is 1. The number of carbonyl (C=O) groups is 1. The Morgan fingerprint density at radius 1 is 1.17 bits per heavy atom. The van der Waals surface area contributed by atoms with Gasteiger partial charge in [0.2, 0.25) is 0 Å². The van der Waals surface area contributed by atoms with Gasteiger partial charge in [0.1, 0.15) is 6.10 Å². The number of rotatable bonds is 6. The fourth-order valence-corrected chi connectivity index (χ4v) is 5.52. The third-order valence-electron chi connectivity index (χ3n) is 6.72. The summed E-state index contributed by atoms with van der Waals surface area (Å²) in [5, 5.41) is 4.05. The first kappa shape index (κ1) is 24.4. The van der Waals surface area contributed by atoms with Gasteiger partial charge in [-0.2, -0.15) is 0 Å². The second-order valence-electron chi connectivity index (χ2n) is 9.16. The largest absolute Gasteiger partial charge is 0.487 e. The van der Waals surface area contributed by atoms with Crippen LogP contribution in [0.5, 0.6) is 5.75 Å². The monoisotopic (exact) mass is 520 g/mol. The Balaban J connectivity index is 1.15. The quantitative estimate of drug-likeness (QED) is 0.496. The lowest BCUT2D eigenvalue weighted by molar-refractivity contribution is -0.354. The van der Waals surface area contributed by atoms with Crippen molar-refractivity contribution in [3.05, 3.63) is 69.5 Å². The van der Waals surface area contributed by atoms with Crippen LogP contribution in [0.4, 0.5) is 9.18 Å². The van der Waals surface area contributed by atoms with Crippen LogP contribution in [-0.4, -0.2) is 41.7 Å². The van der Waals surface area contributed by atoms with Gasteiger partial charge in [0.05, 0.1) is 0 Å². The van der Waals surface area contributed by atoms with Gasteiger partial charge in [-0.15, -0.1) is 0 Å². The molecule has 3 fully saturated rings. The second-order valence-corrected chi connectivity index (χ2v) is 10.00. The van der Waals surface area contributed by atoms with E-state index in [1.54, 1.807) is 36.4 Å². The molecule has 0 saturated carbocycles. The molecule has 2 amide bonds. The molecule has 0 spiro atoms. The lowest BCUT2D eigenvalue weighted by Gasteiger charge is -2.38. The Labute approximate surface area is 213 Å². The number of fused-ring (bicyclic) bond motifs is 2. The molecule has 3 heterocycles. The van der Waals surface area contributed by atoms with Crippen molar-refractivity contribution in [1.82, 2.24) is 10.2 Å². The Kier molecular flexibility index (Phi) is 7.21. The summed E-state index contributed by atoms with van der Waals surface area (Å²) < 4.78 is 31.4. The van der Waals surface area contributed by atoms with Gasteiger partial charge >= 0.3 is 6.03 Å². The van der Waals surface area contributed by atoms with Crippen molar-refractivity contribution >= 4 is 35.3 Å². The number of ether oxygens (including phenoxy) is 3. The standard InChI is InChI=1S/C26H27Cl2FN2O4/c1-15-33-25(34-15)9-3-16-2-8-24(23(29)10-16)35-21-12-19-6-7-20(13-21)31(19)26(32)30-14-17-4-5-18(27)11-22(17)28/h2-5,8-11,15,19-21,25H,6-7,12-14H2,1H3,(H,30,32)/b9-3+/t15?,19-,20+,21?,25?. The zero-order valence-electron chi connectivity index (χ0n) is 19.3. The molecule has 1 N–H and O–H groups in total. The summed E-state index contributed by atoms with van der Waals surface area (Å²) in [5.74, 6) is -0.185. The Hall–Kier alpha value is -2.32. The molecular weight excluding hydrogens is 494 g/mol. The molecule has 1 unspecified atom stereocenters. The van der Waals surface area contributed by atoms with Crippen LogP contribution in [0.25, 0.3) is 6.08 Å². The Bertz CT molecular complexity index is 1110. The SMILES string of the molecule is CC1OC(/C=C/c2ccc(OC3C[C@H]4CC[C@@H](C3)N4C(=O)NCc3ccc(Cl)cc3Cl)c(F)c2)O1. The molecule has 35 heavy (non-hydrogen) atoms. The van der Waals surface area contributed by atoms with Crippen molar-refractivity contribution in [1.29, 1.82) is 0 Å². The van der Waals surface area contributed by atoms with E-state index in [-0.39, 0.29) is 42.5 Å². The highest BCUT2D eigenvalue weighted by molar-refractivity contribution is 6.35. The molecule has 2 aromatic rings. The minimum atomic E-state index is -0.414. The summed E-state index contributed by atoms with van der Waals surface area (Å²) >= 11 is 12.2. The summed E-state index contributed by atoms with van der Waals surface area (Å²) in [7, 11) is 0. The average molecular weight is 521 g/mol. The Morgan fingerprint density at radius 3 is 2.57 bits per heavy atom. The van der Waals surface area contributed by atoms with Gasteiger partial charge in [-0.25, -0.2) is 9.18 Å². The molecule has 0 aromatic heterocycles. The van der Waals surface area contributed by atoms with Crippen LogP contribution in [0.1, 0.15) is 43.7 Å². The zero-order valence-corrected chi connectivity index (χ0v) is 20.8. The van der Waals surface area contributed by atoms with Crippen molar-refractivity contribution in [3.63, 3.8) is 0 Å². The first-order valence-corrected chi connectivity index (χ1v) is 12.6. The molecule has 186 valence electrons. The van der Waals surface area contributed by atoms with Gasteiger partial charge in [-0.3, -0.25) is 0 Å². The molecule has 5 rings (SSSR count). The van der Waals surface area contributed by atoms with Gasteiger partial charge in [-0.05, 0) is 61.2 Å². The highest BCUT2D eigenvalue weighted by Crippen LogP contribution is 2.38. The fraction of sp³-hybridized carbons (Fsp3) is 0.423. The molecule has 3 atom stereocenters. The summed E-state index contributed by atoms with van der Waals surface area (Å²) in [4.78, 5) is 14.9. The molecule has 9 heteroatoms. The molecule has 2 aromatic carbocycles. The number of amides is 2. The molecule has 3 aliphatic heterocycles. The molecule has 2 bridgehead atoms. The molecule has 3 saturated heterocycles. The van der Waals surface area contributed by atoms with E-state index >= 15 is 0 Å². The highest BCUT2D eigenvalue weighted by Gasteiger charge is 2.44. The minimum absolute atomic E-state index is 0.0644. The molecule has 6 nitrogen and oxygen atoms in total. The van der Waals surface area contributed by atoms with Crippen LogP contribution in [0.2, 0.25) is 10.0 Å². The highest BCUT2D eigenvalue weighted by atomic mass is 35.5. The number of piperidine rings is 1. The number of halogens is 3. The maximum absolute atomic E-state index is 14.7. The van der Waals surface area contributed by atoms with Gasteiger partial charge in [-0.1, -0.05) is 41.4 Å². The fourth-order valence-electron chi connectivity index (χ4n) is 5.05. The van der Waals surface area contributed by atoms with Crippen molar-refractivity contribution in [2.24, 2.45) is 0 Å². The first-order valence-electron chi connectivity index (χ1n) is 11.8. The van der Waals surface area contributed by atoms with Crippen molar-refractivity contribution in [2.45, 2.75) is 69.9 Å². The third kappa shape index (κ3) is 5.59. The van der Waals surface area contributed by atoms with Gasteiger partial charge < -0.3 is 24.4 Å². The lowest BCUT2D eigenvalue weighted by atomic mass is 10.00. The normalized spacial score (nSPS) is 27.7. The van der Waals surface area contributed by atoms with E-state index in [9.17, 15) is 9.18 Å². The van der Waals surface area contributed by atoms with Crippen LogP contribution < -0.4 is 10.1 Å². The summed E-state index contributed by atoms with van der Waals surface area (Å²) in [6, 6.07) is 10.1. The van der Waals surface area contributed by atoms with Crippen molar-refractivity contribution in [3.8, 4) is 5.75 Å². The molecule has 3 aliphatic rings. The number of benzene rings is 2. The number of nitrogens with zero attached hydrogens (tertiary/aromatic N) is 1. The smallest absolute Gasteiger partial charge is 0.318 e. The Morgan fingerprint density at radius 2 is 1.91 bits per heavy atom. The number of hydrogen-bond acceptors (Lipinski definition) is 4. The maximum atomic E-state index is 14.7. The van der Waals surface area contributed by atoms with E-state index in [1.165, 1.54) is 6.07 Å². The zero-order chi connectivity index (χ0) is 24.5. The second kappa shape index (κ2) is 10.3. The summed E-state index contributed by atoms with van der Waals surface area (Å²) in [6.07, 6.45) is 5.94. The van der Waals surface area contributed by atoms with Crippen LogP contribution in [0.3, 0.4) is 0 Å². The molecular formula is C26H27Cl2FN2O4. The van der Waals surface area contributed by atoms with Crippen LogP contribution in [0, 0.1) is 5.82 Å². The van der Waals surface area contributed by atoms with Crippen molar-refractivity contribution in [2.75, 3.05) is 0 Å². The van der Waals surface area contributed by atoms with Crippen LogP contribution in [-0.2, 0) is 16.0 Å². The predicted octanol–water partition coefficient (Wildman–Crippen LogP) is 6.15. The van der Waals surface area contributed by atoms with E-state index in [4.69, 9.17) is 37.4 Å². The maximum Gasteiger partial charge on any atom is 0.318 e. The van der Waals surface area contributed by atoms with E-state index in [1.807, 2.05) is 17.9 Å². The van der Waals surface area contributed by atoms with E-state index in [0.29, 0.717) is 35.0 Å². The predicted molar refractivity (Wildman–Crippen MR) is 132 cm³/mol. The third-order valence-corrected chi connectivity index (χ3v) is 7.30. The van der Waals surface area contributed by atoms with E-state index < -0.39 is 5.82 Å². The van der Waals surface area contributed by atoms with Gasteiger partial charge in [0, 0.05) is 41.5 Å². The molecule has 0 radical (unpaired) electrons. The average Bonchev–Trinajstić information content (AvgIpc) is 3.07. The summed E-state index contributed by atoms with van der Waals surface area (Å²) in [5.41, 5.74) is 1.51. The van der Waals surface area contributed by atoms with Gasteiger partial charge in [0.25, 0.3) is 0 Å². The van der Waals surface area contributed by atoms with Crippen LogP contribution in [0.15, 0.2) is 42.5 Å². The first-order chi connectivity index (χ1) is 16.9. The lowest BCUT2D eigenvalue weighted by Crippen LogP contribution is -2.52.